The Morgan fingerprint density at radius 3 is 2.50 bits per heavy atom. The van der Waals surface area contributed by atoms with E-state index in [0.717, 1.165) is 0 Å². The number of hydrogen-bond donors (Lipinski definition) is 2. The lowest BCUT2D eigenvalue weighted by molar-refractivity contribution is -0.133. The Kier molecular flexibility index (Phi) is 0.948. The number of aliphatic hydroxyl groups is 1. The number of hydrogen-bond acceptors (Lipinski definition) is 3. The Hall–Kier alpha value is -1.03. The fourth-order valence-corrected chi connectivity index (χ4v) is 0.365. The Bertz CT molecular complexity index is 157. The van der Waals surface area contributed by atoms with Crippen LogP contribution in [0.4, 0.5) is 0 Å². The minimum Gasteiger partial charge on any atom is -0.475 e. The highest BCUT2D eigenvalue weighted by atomic mass is 16.6. The van der Waals surface area contributed by atoms with Crippen molar-refractivity contribution in [2.75, 3.05) is 6.61 Å². The van der Waals surface area contributed by atoms with E-state index < -0.39 is 5.97 Å². The smallest absolute Gasteiger partial charge is 0.375 e. The first-order valence-electron chi connectivity index (χ1n) is 2.01. The van der Waals surface area contributed by atoms with E-state index >= 15 is 0 Å². The third-order valence-electron chi connectivity index (χ3n) is 0.775. The van der Waals surface area contributed by atoms with Crippen LogP contribution in [-0.2, 0) is 9.53 Å². The lowest BCUT2D eigenvalue weighted by atomic mass is 10.5. The lowest BCUT2D eigenvalue weighted by Crippen LogP contribution is -1.88. The molecule has 1 heterocycles. The highest BCUT2D eigenvalue weighted by Gasteiger charge is 2.30. The molecule has 8 heavy (non-hydrogen) atoms. The molecular weight excluding hydrogens is 112 g/mol. The van der Waals surface area contributed by atoms with Crippen LogP contribution in [0.3, 0.4) is 0 Å². The molecule has 0 fully saturated rings. The zero-order chi connectivity index (χ0) is 6.15. The molecule has 0 unspecified atom stereocenters. The summed E-state index contributed by atoms with van der Waals surface area (Å²) in [5.74, 6) is -1.07. The van der Waals surface area contributed by atoms with Gasteiger partial charge in [0, 0.05) is 0 Å². The minimum atomic E-state index is -1.12. The molecule has 0 bridgehead atoms. The predicted molar refractivity (Wildman–Crippen MR) is 22.8 cm³/mol. The molecule has 1 aliphatic heterocycles. The SMILES string of the molecule is O=C(O)C1=C(CO)O1. The molecule has 0 aliphatic carbocycles. The number of rotatable bonds is 2. The van der Waals surface area contributed by atoms with Gasteiger partial charge < -0.3 is 14.9 Å². The maximum absolute atomic E-state index is 9.84. The van der Waals surface area contributed by atoms with Crippen LogP contribution in [0.1, 0.15) is 0 Å². The van der Waals surface area contributed by atoms with E-state index in [4.69, 9.17) is 10.2 Å². The molecule has 0 aromatic heterocycles. The van der Waals surface area contributed by atoms with Gasteiger partial charge in [-0.25, -0.2) is 4.79 Å². The first-order valence-corrected chi connectivity index (χ1v) is 2.01. The maximum atomic E-state index is 9.84. The normalized spacial score (nSPS) is 15.6. The Morgan fingerprint density at radius 1 is 1.75 bits per heavy atom. The molecule has 0 aromatic rings. The van der Waals surface area contributed by atoms with Crippen LogP contribution in [0.2, 0.25) is 0 Å². The largest absolute Gasteiger partial charge is 0.475 e. The number of ether oxygens (including phenoxy) is 1. The van der Waals surface area contributed by atoms with E-state index in [-0.39, 0.29) is 18.1 Å². The third kappa shape index (κ3) is 0.651. The summed E-state index contributed by atoms with van der Waals surface area (Å²) in [6, 6.07) is 0. The quantitative estimate of drug-likeness (QED) is 0.500. The standard InChI is InChI=1S/C4H4O4/c5-1-2-3(8-2)4(6)7/h5H,1H2,(H,6,7). The van der Waals surface area contributed by atoms with Gasteiger partial charge in [0.05, 0.1) is 0 Å². The van der Waals surface area contributed by atoms with Gasteiger partial charge in [-0.2, -0.15) is 0 Å². The highest BCUT2D eigenvalue weighted by Crippen LogP contribution is 2.24. The Morgan fingerprint density at radius 2 is 2.38 bits per heavy atom. The maximum Gasteiger partial charge on any atom is 0.375 e. The van der Waals surface area contributed by atoms with Crippen LogP contribution in [0.15, 0.2) is 11.5 Å². The second-order valence-corrected chi connectivity index (χ2v) is 1.32. The molecular formula is C4H4O4. The molecule has 0 radical (unpaired) electrons. The number of carboxylic acid groups (broad SMARTS) is 1. The molecule has 4 nitrogen and oxygen atoms in total. The van der Waals surface area contributed by atoms with Crippen LogP contribution in [0, 0.1) is 0 Å². The van der Waals surface area contributed by atoms with Gasteiger partial charge in [0.25, 0.3) is 5.76 Å². The molecule has 0 aromatic carbocycles. The van der Waals surface area contributed by atoms with Crippen molar-refractivity contribution in [2.45, 2.75) is 0 Å². The van der Waals surface area contributed by atoms with Gasteiger partial charge in [-0.3, -0.25) is 0 Å². The van der Waals surface area contributed by atoms with Gasteiger partial charge in [-0.15, -0.1) is 0 Å². The van der Waals surface area contributed by atoms with Gasteiger partial charge >= 0.3 is 5.97 Å². The third-order valence-corrected chi connectivity index (χ3v) is 0.775. The predicted octanol–water partition coefficient (Wildman–Crippen LogP) is -0.695. The zero-order valence-electron chi connectivity index (χ0n) is 3.92. The van der Waals surface area contributed by atoms with E-state index in [9.17, 15) is 4.79 Å². The topological polar surface area (TPSA) is 70.1 Å². The van der Waals surface area contributed by atoms with E-state index in [1.165, 1.54) is 0 Å². The molecule has 0 spiro atoms. The zero-order valence-corrected chi connectivity index (χ0v) is 3.92. The first kappa shape index (κ1) is 5.11. The average molecular weight is 116 g/mol. The lowest BCUT2D eigenvalue weighted by Gasteiger charge is -1.70. The monoisotopic (exact) mass is 116 g/mol. The van der Waals surface area contributed by atoms with Crippen molar-refractivity contribution in [3.05, 3.63) is 11.5 Å². The summed E-state index contributed by atoms with van der Waals surface area (Å²) >= 11 is 0. The molecule has 0 saturated carbocycles. The summed E-state index contributed by atoms with van der Waals surface area (Å²) in [7, 11) is 0. The molecule has 1 rings (SSSR count). The summed E-state index contributed by atoms with van der Waals surface area (Å²) in [5.41, 5.74) is 0. The second kappa shape index (κ2) is 1.48. The Labute approximate surface area is 45.0 Å². The summed E-state index contributed by atoms with van der Waals surface area (Å²) in [4.78, 5) is 9.84. The number of carboxylic acids is 1. The van der Waals surface area contributed by atoms with Gasteiger partial charge in [0.1, 0.15) is 6.61 Å². The van der Waals surface area contributed by atoms with Crippen molar-refractivity contribution >= 4 is 5.97 Å². The van der Waals surface area contributed by atoms with Crippen LogP contribution in [-0.4, -0.2) is 22.8 Å². The fraction of sp³-hybridized carbons (Fsp3) is 0.250. The first-order chi connectivity index (χ1) is 3.75. The molecule has 44 valence electrons. The van der Waals surface area contributed by atoms with Gasteiger partial charge in [-0.05, 0) is 0 Å². The summed E-state index contributed by atoms with van der Waals surface area (Å²) in [6.45, 7) is -0.318. The molecule has 0 amide bonds. The second-order valence-electron chi connectivity index (χ2n) is 1.32. The molecule has 0 atom stereocenters. The van der Waals surface area contributed by atoms with Crippen molar-refractivity contribution in [2.24, 2.45) is 0 Å². The van der Waals surface area contributed by atoms with E-state index in [1.54, 1.807) is 0 Å². The Balaban J connectivity index is 2.54. The minimum absolute atomic E-state index is 0.118. The van der Waals surface area contributed by atoms with E-state index in [0.29, 0.717) is 0 Å². The number of carbonyl (C=O) groups is 1. The molecule has 2 N–H and O–H groups in total. The van der Waals surface area contributed by atoms with Crippen LogP contribution in [0.5, 0.6) is 0 Å². The molecule has 0 saturated heterocycles. The number of aliphatic hydroxyl groups excluding tert-OH is 1. The summed E-state index contributed by atoms with van der Waals surface area (Å²) < 4.78 is 4.31. The van der Waals surface area contributed by atoms with Crippen molar-refractivity contribution in [3.63, 3.8) is 0 Å². The molecule has 1 aliphatic rings. The number of aliphatic carboxylic acids is 1. The van der Waals surface area contributed by atoms with E-state index in [2.05, 4.69) is 4.74 Å². The van der Waals surface area contributed by atoms with Crippen molar-refractivity contribution < 1.29 is 19.7 Å². The van der Waals surface area contributed by atoms with Crippen LogP contribution < -0.4 is 0 Å². The van der Waals surface area contributed by atoms with Gasteiger partial charge in [-0.1, -0.05) is 0 Å². The van der Waals surface area contributed by atoms with E-state index in [1.807, 2.05) is 0 Å². The van der Waals surface area contributed by atoms with Crippen LogP contribution >= 0.6 is 0 Å². The average Bonchev–Trinajstić information content (AvgIpc) is 2.42. The van der Waals surface area contributed by atoms with Crippen molar-refractivity contribution in [1.82, 2.24) is 0 Å². The van der Waals surface area contributed by atoms with Crippen LogP contribution in [0.25, 0.3) is 0 Å². The summed E-state index contributed by atoms with van der Waals surface area (Å²) in [5, 5.41) is 16.2. The molecule has 4 heteroatoms. The van der Waals surface area contributed by atoms with Gasteiger partial charge in [0.15, 0.2) is 5.76 Å². The van der Waals surface area contributed by atoms with Crippen molar-refractivity contribution in [3.8, 4) is 0 Å². The van der Waals surface area contributed by atoms with Gasteiger partial charge in [0.2, 0.25) is 0 Å². The highest BCUT2D eigenvalue weighted by molar-refractivity contribution is 5.88. The van der Waals surface area contributed by atoms with Crippen molar-refractivity contribution in [1.29, 1.82) is 0 Å². The fourth-order valence-electron chi connectivity index (χ4n) is 0.365. The summed E-state index contributed by atoms with van der Waals surface area (Å²) in [6.07, 6.45) is 0.